The number of methoxy groups -OCH3 is 1. The number of carbonyl (C=O) groups is 2. The van der Waals surface area contributed by atoms with Crippen LogP contribution in [0.1, 0.15) is 48.5 Å². The van der Waals surface area contributed by atoms with E-state index in [1.165, 1.54) is 36.5 Å². The number of sulfonamides is 1. The molecule has 0 spiro atoms. The van der Waals surface area contributed by atoms with Gasteiger partial charge in [0.1, 0.15) is 5.75 Å². The summed E-state index contributed by atoms with van der Waals surface area (Å²) >= 11 is 0. The summed E-state index contributed by atoms with van der Waals surface area (Å²) in [6, 6.07) is 11.7. The summed E-state index contributed by atoms with van der Waals surface area (Å²) in [5.74, 6) is -0.0330. The Balaban J connectivity index is 1.55. The maximum absolute atomic E-state index is 13.5. The van der Waals surface area contributed by atoms with Gasteiger partial charge in [-0.15, -0.1) is 0 Å². The van der Waals surface area contributed by atoms with Crippen LogP contribution in [0.2, 0.25) is 0 Å². The van der Waals surface area contributed by atoms with Gasteiger partial charge in [0.25, 0.3) is 5.91 Å². The van der Waals surface area contributed by atoms with Crippen molar-refractivity contribution in [1.82, 2.24) is 9.62 Å². The van der Waals surface area contributed by atoms with E-state index in [4.69, 9.17) is 4.74 Å². The van der Waals surface area contributed by atoms with Crippen molar-refractivity contribution in [2.75, 3.05) is 12.4 Å². The van der Waals surface area contributed by atoms with E-state index in [2.05, 4.69) is 10.6 Å². The summed E-state index contributed by atoms with van der Waals surface area (Å²) in [6.07, 6.45) is 3.64. The predicted molar refractivity (Wildman–Crippen MR) is 120 cm³/mol. The molecule has 0 heterocycles. The van der Waals surface area contributed by atoms with Gasteiger partial charge in [-0.05, 0) is 61.6 Å². The Morgan fingerprint density at radius 2 is 1.75 bits per heavy atom. The van der Waals surface area contributed by atoms with Crippen LogP contribution in [0.4, 0.5) is 5.69 Å². The van der Waals surface area contributed by atoms with Crippen molar-refractivity contribution < 1.29 is 22.7 Å². The summed E-state index contributed by atoms with van der Waals surface area (Å²) < 4.78 is 33.7. The topological polar surface area (TPSA) is 105 Å². The van der Waals surface area contributed by atoms with Crippen molar-refractivity contribution in [3.8, 4) is 5.75 Å². The third-order valence-electron chi connectivity index (χ3n) is 5.51. The molecule has 2 amide bonds. The highest BCUT2D eigenvalue weighted by atomic mass is 32.2. The van der Waals surface area contributed by atoms with Crippen LogP contribution >= 0.6 is 0 Å². The first-order chi connectivity index (χ1) is 15.3. The van der Waals surface area contributed by atoms with Gasteiger partial charge < -0.3 is 15.4 Å². The molecule has 0 radical (unpaired) electrons. The SMILES string of the molecule is COc1ccc(S(=O)(=O)N(Cc2ccc(C(=O)NC3CC3)cc2)C2CC2)cc1NC(C)=O. The summed E-state index contributed by atoms with van der Waals surface area (Å²) in [6.45, 7) is 1.56. The minimum atomic E-state index is -3.81. The maximum Gasteiger partial charge on any atom is 0.251 e. The van der Waals surface area contributed by atoms with Crippen LogP contribution in [0.5, 0.6) is 5.75 Å². The summed E-state index contributed by atoms with van der Waals surface area (Å²) in [5, 5.41) is 5.57. The number of nitrogens with one attached hydrogen (secondary N) is 2. The second-order valence-corrected chi connectivity index (χ2v) is 10.2. The molecule has 2 saturated carbocycles. The van der Waals surface area contributed by atoms with Gasteiger partial charge in [-0.25, -0.2) is 8.42 Å². The molecule has 2 aliphatic carbocycles. The van der Waals surface area contributed by atoms with Gasteiger partial charge in [-0.2, -0.15) is 4.31 Å². The standard InChI is InChI=1S/C23H27N3O5S/c1-15(27)24-21-13-20(11-12-22(21)31-2)32(29,30)26(19-9-10-19)14-16-3-5-17(6-4-16)23(28)25-18-7-8-18/h3-6,11-13,18-19H,7-10,14H2,1-2H3,(H,24,27)(H,25,28). The highest BCUT2D eigenvalue weighted by molar-refractivity contribution is 7.89. The number of carbonyl (C=O) groups excluding carboxylic acids is 2. The Labute approximate surface area is 188 Å². The number of nitrogens with zero attached hydrogens (tertiary/aromatic N) is 1. The van der Waals surface area contributed by atoms with Gasteiger partial charge >= 0.3 is 0 Å². The molecule has 0 unspecified atom stereocenters. The Morgan fingerprint density at radius 1 is 1.06 bits per heavy atom. The second kappa shape index (κ2) is 8.91. The van der Waals surface area contributed by atoms with E-state index in [9.17, 15) is 18.0 Å². The molecule has 2 fully saturated rings. The third kappa shape index (κ3) is 5.11. The fourth-order valence-corrected chi connectivity index (χ4v) is 5.18. The monoisotopic (exact) mass is 457 g/mol. The summed E-state index contributed by atoms with van der Waals surface area (Å²) in [7, 11) is -2.35. The number of amides is 2. The largest absolute Gasteiger partial charge is 0.495 e. The zero-order valence-electron chi connectivity index (χ0n) is 18.1. The van der Waals surface area contributed by atoms with Crippen molar-refractivity contribution in [2.45, 2.75) is 56.1 Å². The van der Waals surface area contributed by atoms with Crippen LogP contribution < -0.4 is 15.4 Å². The molecular formula is C23H27N3O5S. The molecule has 0 aliphatic heterocycles. The molecule has 8 nitrogen and oxygen atoms in total. The van der Waals surface area contributed by atoms with E-state index in [1.54, 1.807) is 24.3 Å². The van der Waals surface area contributed by atoms with E-state index >= 15 is 0 Å². The minimum Gasteiger partial charge on any atom is -0.495 e. The van der Waals surface area contributed by atoms with Gasteiger partial charge in [0.05, 0.1) is 17.7 Å². The first-order valence-electron chi connectivity index (χ1n) is 10.6. The van der Waals surface area contributed by atoms with Crippen LogP contribution in [-0.4, -0.2) is 43.7 Å². The molecule has 0 saturated heterocycles. The molecule has 32 heavy (non-hydrogen) atoms. The Bertz CT molecular complexity index is 1120. The van der Waals surface area contributed by atoms with Gasteiger partial charge in [-0.3, -0.25) is 9.59 Å². The lowest BCUT2D eigenvalue weighted by atomic mass is 10.1. The molecule has 9 heteroatoms. The Kier molecular flexibility index (Phi) is 6.21. The summed E-state index contributed by atoms with van der Waals surface area (Å²) in [4.78, 5) is 23.8. The van der Waals surface area contributed by atoms with Crippen LogP contribution in [0.15, 0.2) is 47.4 Å². The lowest BCUT2D eigenvalue weighted by Crippen LogP contribution is -2.32. The smallest absolute Gasteiger partial charge is 0.251 e. The second-order valence-electron chi connectivity index (χ2n) is 8.27. The molecule has 0 bridgehead atoms. The summed E-state index contributed by atoms with van der Waals surface area (Å²) in [5.41, 5.74) is 1.68. The first-order valence-corrected chi connectivity index (χ1v) is 12.1. The molecule has 4 rings (SSSR count). The molecule has 0 aromatic heterocycles. The van der Waals surface area contributed by atoms with Crippen molar-refractivity contribution in [1.29, 1.82) is 0 Å². The van der Waals surface area contributed by atoms with Crippen molar-refractivity contribution in [2.24, 2.45) is 0 Å². The van der Waals surface area contributed by atoms with Crippen LogP contribution in [-0.2, 0) is 21.4 Å². The number of hydrogen-bond acceptors (Lipinski definition) is 5. The molecule has 2 N–H and O–H groups in total. The number of benzene rings is 2. The lowest BCUT2D eigenvalue weighted by molar-refractivity contribution is -0.114. The van der Waals surface area contributed by atoms with Crippen LogP contribution in [0, 0.1) is 0 Å². The third-order valence-corrected chi connectivity index (χ3v) is 7.40. The normalized spacial score (nSPS) is 16.0. The molecule has 170 valence electrons. The zero-order valence-corrected chi connectivity index (χ0v) is 18.9. The Hall–Kier alpha value is -2.91. The van der Waals surface area contributed by atoms with Crippen molar-refractivity contribution in [3.63, 3.8) is 0 Å². The quantitative estimate of drug-likeness (QED) is 0.602. The molecule has 2 aliphatic rings. The van der Waals surface area contributed by atoms with Crippen molar-refractivity contribution in [3.05, 3.63) is 53.6 Å². The minimum absolute atomic E-state index is 0.0656. The number of rotatable bonds is 9. The zero-order chi connectivity index (χ0) is 22.9. The first kappa shape index (κ1) is 22.3. The highest BCUT2D eigenvalue weighted by Gasteiger charge is 2.38. The molecule has 0 atom stereocenters. The van der Waals surface area contributed by atoms with E-state index < -0.39 is 10.0 Å². The predicted octanol–water partition coefficient (Wildman–Crippen LogP) is 2.90. The number of ether oxygens (including phenoxy) is 1. The van der Waals surface area contributed by atoms with Crippen molar-refractivity contribution >= 4 is 27.5 Å². The van der Waals surface area contributed by atoms with E-state index in [-0.39, 0.29) is 35.3 Å². The van der Waals surface area contributed by atoms with Gasteiger partial charge in [0, 0.05) is 31.1 Å². The number of anilines is 1. The van der Waals surface area contributed by atoms with E-state index in [0.29, 0.717) is 17.0 Å². The lowest BCUT2D eigenvalue weighted by Gasteiger charge is -2.23. The van der Waals surface area contributed by atoms with Gasteiger partial charge in [0.15, 0.2) is 0 Å². The Morgan fingerprint density at radius 3 is 2.31 bits per heavy atom. The molecule has 2 aromatic rings. The number of hydrogen-bond donors (Lipinski definition) is 2. The van der Waals surface area contributed by atoms with Gasteiger partial charge in [-0.1, -0.05) is 12.1 Å². The maximum atomic E-state index is 13.5. The fraction of sp³-hybridized carbons (Fsp3) is 0.391. The fourth-order valence-electron chi connectivity index (χ4n) is 3.48. The van der Waals surface area contributed by atoms with Crippen LogP contribution in [0.25, 0.3) is 0 Å². The van der Waals surface area contributed by atoms with Gasteiger partial charge in [0.2, 0.25) is 15.9 Å². The average molecular weight is 458 g/mol. The van der Waals surface area contributed by atoms with E-state index in [0.717, 1.165) is 31.2 Å². The van der Waals surface area contributed by atoms with Crippen LogP contribution in [0.3, 0.4) is 0 Å². The van der Waals surface area contributed by atoms with E-state index in [1.807, 2.05) is 0 Å². The molecule has 2 aromatic carbocycles. The molecular weight excluding hydrogens is 430 g/mol. The highest BCUT2D eigenvalue weighted by Crippen LogP contribution is 2.36. The average Bonchev–Trinajstić information content (AvgIpc) is 3.67.